The Morgan fingerprint density at radius 3 is 2.25 bits per heavy atom. The van der Waals surface area contributed by atoms with Crippen LogP contribution in [-0.2, 0) is 16.6 Å². The van der Waals surface area contributed by atoms with Crippen molar-refractivity contribution < 1.29 is 8.42 Å². The maximum Gasteiger partial charge on any atom is 0.243 e. The zero-order chi connectivity index (χ0) is 14.6. The molecule has 112 valence electrons. The van der Waals surface area contributed by atoms with E-state index >= 15 is 0 Å². The summed E-state index contributed by atoms with van der Waals surface area (Å²) in [5.41, 5.74) is 7.35. The molecule has 1 aromatic rings. The van der Waals surface area contributed by atoms with E-state index in [1.807, 2.05) is 19.1 Å². The van der Waals surface area contributed by atoms with Crippen LogP contribution in [0.3, 0.4) is 0 Å². The summed E-state index contributed by atoms with van der Waals surface area (Å²) in [5.74, 6) is 0. The van der Waals surface area contributed by atoms with Crippen molar-refractivity contribution in [3.8, 4) is 0 Å². The minimum Gasteiger partial charge on any atom is -0.326 e. The molecule has 20 heavy (non-hydrogen) atoms. The molecule has 1 heterocycles. The number of nitrogens with zero attached hydrogens (tertiary/aromatic N) is 1. The maximum atomic E-state index is 12.8. The zero-order valence-electron chi connectivity index (χ0n) is 12.1. The van der Waals surface area contributed by atoms with E-state index in [0.717, 1.165) is 36.8 Å². The first-order valence-electron chi connectivity index (χ1n) is 7.35. The largest absolute Gasteiger partial charge is 0.326 e. The molecule has 1 aliphatic rings. The quantitative estimate of drug-likeness (QED) is 0.931. The molecule has 4 nitrogen and oxygen atoms in total. The van der Waals surface area contributed by atoms with Crippen molar-refractivity contribution >= 4 is 10.0 Å². The van der Waals surface area contributed by atoms with Crippen molar-refractivity contribution in [2.24, 2.45) is 5.73 Å². The minimum absolute atomic E-state index is 0.426. The van der Waals surface area contributed by atoms with E-state index in [1.165, 1.54) is 6.42 Å². The molecule has 0 radical (unpaired) electrons. The molecule has 0 aromatic heterocycles. The van der Waals surface area contributed by atoms with E-state index < -0.39 is 10.0 Å². The van der Waals surface area contributed by atoms with Gasteiger partial charge < -0.3 is 5.73 Å². The predicted octanol–water partition coefficient (Wildman–Crippen LogP) is 2.41. The van der Waals surface area contributed by atoms with Gasteiger partial charge in [-0.3, -0.25) is 0 Å². The second-order valence-electron chi connectivity index (χ2n) is 5.48. The smallest absolute Gasteiger partial charge is 0.243 e. The molecule has 1 fully saturated rings. The lowest BCUT2D eigenvalue weighted by Gasteiger charge is -2.25. The lowest BCUT2D eigenvalue weighted by Crippen LogP contribution is -2.34. The fraction of sp³-hybridized carbons (Fsp3) is 0.600. The number of rotatable bonds is 3. The van der Waals surface area contributed by atoms with E-state index in [0.29, 0.717) is 24.5 Å². The normalized spacial score (nSPS) is 18.5. The molecule has 1 saturated heterocycles. The lowest BCUT2D eigenvalue weighted by atomic mass is 10.1. The van der Waals surface area contributed by atoms with Gasteiger partial charge in [0, 0.05) is 19.6 Å². The van der Waals surface area contributed by atoms with Crippen molar-refractivity contribution in [3.63, 3.8) is 0 Å². The summed E-state index contributed by atoms with van der Waals surface area (Å²) in [6.07, 6.45) is 5.38. The third kappa shape index (κ3) is 3.40. The third-order valence-corrected chi connectivity index (χ3v) is 5.97. The highest BCUT2D eigenvalue weighted by atomic mass is 32.2. The molecule has 0 spiro atoms. The fourth-order valence-corrected chi connectivity index (χ4v) is 4.45. The van der Waals surface area contributed by atoms with E-state index in [-0.39, 0.29) is 0 Å². The molecular weight excluding hydrogens is 272 g/mol. The maximum absolute atomic E-state index is 12.8. The molecule has 0 bridgehead atoms. The Labute approximate surface area is 122 Å². The first-order valence-corrected chi connectivity index (χ1v) is 8.79. The Morgan fingerprint density at radius 1 is 1.10 bits per heavy atom. The van der Waals surface area contributed by atoms with Crippen LogP contribution in [0.2, 0.25) is 0 Å². The van der Waals surface area contributed by atoms with E-state index in [9.17, 15) is 8.42 Å². The van der Waals surface area contributed by atoms with Gasteiger partial charge in [0.05, 0.1) is 4.90 Å². The summed E-state index contributed by atoms with van der Waals surface area (Å²) in [5, 5.41) is 0. The van der Waals surface area contributed by atoms with Crippen LogP contribution >= 0.6 is 0 Å². The topological polar surface area (TPSA) is 63.4 Å². The van der Waals surface area contributed by atoms with Crippen molar-refractivity contribution in [3.05, 3.63) is 29.3 Å². The Hall–Kier alpha value is -0.910. The highest BCUT2D eigenvalue weighted by Gasteiger charge is 2.26. The van der Waals surface area contributed by atoms with Gasteiger partial charge >= 0.3 is 0 Å². The van der Waals surface area contributed by atoms with Crippen LogP contribution < -0.4 is 5.73 Å². The standard InChI is InChI=1S/C15H24N2O2S/c1-13-11-14(12-16)7-8-15(13)20(18,19)17-9-5-3-2-4-6-10-17/h7-8,11H,2-6,9-10,12,16H2,1H3. The van der Waals surface area contributed by atoms with Gasteiger partial charge in [-0.05, 0) is 37.0 Å². The fourth-order valence-electron chi connectivity index (χ4n) is 2.73. The summed E-state index contributed by atoms with van der Waals surface area (Å²) in [6, 6.07) is 5.38. The molecule has 0 aliphatic carbocycles. The van der Waals surface area contributed by atoms with Crippen LogP contribution in [0.25, 0.3) is 0 Å². The third-order valence-electron chi connectivity index (χ3n) is 3.91. The molecular formula is C15H24N2O2S. The van der Waals surface area contributed by atoms with Crippen molar-refractivity contribution in [2.45, 2.75) is 50.5 Å². The van der Waals surface area contributed by atoms with Gasteiger partial charge in [-0.2, -0.15) is 4.31 Å². The van der Waals surface area contributed by atoms with Crippen molar-refractivity contribution in [2.75, 3.05) is 13.1 Å². The lowest BCUT2D eigenvalue weighted by molar-refractivity contribution is 0.364. The highest BCUT2D eigenvalue weighted by molar-refractivity contribution is 7.89. The Balaban J connectivity index is 2.28. The van der Waals surface area contributed by atoms with E-state index in [1.54, 1.807) is 10.4 Å². The van der Waals surface area contributed by atoms with Crippen molar-refractivity contribution in [1.82, 2.24) is 4.31 Å². The summed E-state index contributed by atoms with van der Waals surface area (Å²) in [6.45, 7) is 3.56. The molecule has 0 amide bonds. The molecule has 0 atom stereocenters. The number of hydrogen-bond acceptors (Lipinski definition) is 3. The number of hydrogen-bond donors (Lipinski definition) is 1. The summed E-state index contributed by atoms with van der Waals surface area (Å²) < 4.78 is 27.2. The molecule has 2 rings (SSSR count). The predicted molar refractivity (Wildman–Crippen MR) is 80.9 cm³/mol. The van der Waals surface area contributed by atoms with Crippen LogP contribution in [0, 0.1) is 6.92 Å². The van der Waals surface area contributed by atoms with Gasteiger partial charge in [0.2, 0.25) is 10.0 Å². The molecule has 0 saturated carbocycles. The number of sulfonamides is 1. The van der Waals surface area contributed by atoms with Crippen LogP contribution in [0.5, 0.6) is 0 Å². The highest BCUT2D eigenvalue weighted by Crippen LogP contribution is 2.23. The molecule has 0 unspecified atom stereocenters. The SMILES string of the molecule is Cc1cc(CN)ccc1S(=O)(=O)N1CCCCCCC1. The summed E-state index contributed by atoms with van der Waals surface area (Å²) >= 11 is 0. The Kier molecular flexibility index (Phi) is 5.18. The average molecular weight is 296 g/mol. The molecule has 1 aromatic carbocycles. The van der Waals surface area contributed by atoms with Gasteiger partial charge in [0.25, 0.3) is 0 Å². The molecule has 1 aliphatic heterocycles. The second kappa shape index (κ2) is 6.70. The second-order valence-corrected chi connectivity index (χ2v) is 7.38. The number of aryl methyl sites for hydroxylation is 1. The van der Waals surface area contributed by atoms with E-state index in [4.69, 9.17) is 5.73 Å². The van der Waals surface area contributed by atoms with Crippen LogP contribution in [0.15, 0.2) is 23.1 Å². The summed E-state index contributed by atoms with van der Waals surface area (Å²) in [7, 11) is -3.36. The number of benzene rings is 1. The van der Waals surface area contributed by atoms with Crippen LogP contribution in [-0.4, -0.2) is 25.8 Å². The number of nitrogens with two attached hydrogens (primary N) is 1. The average Bonchev–Trinajstić information content (AvgIpc) is 2.37. The zero-order valence-corrected chi connectivity index (χ0v) is 13.0. The molecule has 2 N–H and O–H groups in total. The van der Waals surface area contributed by atoms with Crippen LogP contribution in [0.4, 0.5) is 0 Å². The first kappa shape index (κ1) is 15.5. The Morgan fingerprint density at radius 2 is 1.70 bits per heavy atom. The summed E-state index contributed by atoms with van der Waals surface area (Å²) in [4.78, 5) is 0.426. The van der Waals surface area contributed by atoms with Crippen molar-refractivity contribution in [1.29, 1.82) is 0 Å². The Bertz CT molecular complexity index is 547. The monoisotopic (exact) mass is 296 g/mol. The minimum atomic E-state index is -3.36. The van der Waals surface area contributed by atoms with E-state index in [2.05, 4.69) is 0 Å². The molecule has 5 heteroatoms. The van der Waals surface area contributed by atoms with Crippen LogP contribution in [0.1, 0.15) is 43.2 Å². The van der Waals surface area contributed by atoms with Gasteiger partial charge in [0.1, 0.15) is 0 Å². The van der Waals surface area contributed by atoms with Gasteiger partial charge in [-0.25, -0.2) is 8.42 Å². The first-order chi connectivity index (χ1) is 9.55. The van der Waals surface area contributed by atoms with Gasteiger partial charge in [-0.15, -0.1) is 0 Å². The van der Waals surface area contributed by atoms with Gasteiger partial charge in [-0.1, -0.05) is 31.4 Å². The van der Waals surface area contributed by atoms with Gasteiger partial charge in [0.15, 0.2) is 0 Å².